The van der Waals surface area contributed by atoms with Gasteiger partial charge in [-0.2, -0.15) is 0 Å². The summed E-state index contributed by atoms with van der Waals surface area (Å²) in [6.07, 6.45) is 1.96. The second-order valence-electron chi connectivity index (χ2n) is 5.55. The van der Waals surface area contributed by atoms with Crippen LogP contribution in [0.25, 0.3) is 22.4 Å². The number of hydrogen-bond acceptors (Lipinski definition) is 1. The summed E-state index contributed by atoms with van der Waals surface area (Å²) >= 11 is 0. The van der Waals surface area contributed by atoms with Gasteiger partial charge in [-0.25, -0.2) is 0 Å². The zero-order chi connectivity index (χ0) is 14.8. The molecular formula is C20H19N. The molecule has 2 aromatic carbocycles. The summed E-state index contributed by atoms with van der Waals surface area (Å²) in [5.41, 5.74) is 8.53. The van der Waals surface area contributed by atoms with Crippen LogP contribution in [-0.4, -0.2) is 4.98 Å². The topological polar surface area (TPSA) is 12.9 Å². The number of rotatable bonds is 2. The Kier molecular flexibility index (Phi) is 3.57. The smallest absolute Gasteiger partial charge is 0.0705 e. The molecule has 1 heteroatoms. The lowest BCUT2D eigenvalue weighted by molar-refractivity contribution is 1.26. The van der Waals surface area contributed by atoms with E-state index in [1.807, 2.05) is 12.3 Å². The van der Waals surface area contributed by atoms with E-state index in [9.17, 15) is 0 Å². The molecule has 21 heavy (non-hydrogen) atoms. The van der Waals surface area contributed by atoms with Crippen molar-refractivity contribution in [3.63, 3.8) is 0 Å². The molecule has 0 fully saturated rings. The van der Waals surface area contributed by atoms with Crippen molar-refractivity contribution in [3.8, 4) is 22.4 Å². The van der Waals surface area contributed by atoms with Crippen molar-refractivity contribution in [1.29, 1.82) is 0 Å². The normalized spacial score (nSPS) is 10.6. The van der Waals surface area contributed by atoms with Crippen molar-refractivity contribution >= 4 is 0 Å². The highest BCUT2D eigenvalue weighted by atomic mass is 14.7. The molecule has 0 aliphatic heterocycles. The minimum atomic E-state index is 1.04. The molecule has 3 rings (SSSR count). The third-order valence-electron chi connectivity index (χ3n) is 3.96. The third kappa shape index (κ3) is 2.73. The van der Waals surface area contributed by atoms with E-state index in [0.29, 0.717) is 0 Å². The molecule has 0 aliphatic rings. The predicted octanol–water partition coefficient (Wildman–Crippen LogP) is 5.34. The maximum Gasteiger partial charge on any atom is 0.0705 e. The van der Waals surface area contributed by atoms with Crippen LogP contribution >= 0.6 is 0 Å². The van der Waals surface area contributed by atoms with Crippen LogP contribution in [0, 0.1) is 20.8 Å². The zero-order valence-electron chi connectivity index (χ0n) is 12.7. The number of aryl methyl sites for hydroxylation is 2. The van der Waals surface area contributed by atoms with E-state index < -0.39 is 0 Å². The fourth-order valence-corrected chi connectivity index (χ4v) is 2.66. The van der Waals surface area contributed by atoms with E-state index in [1.54, 1.807) is 0 Å². The molecule has 0 unspecified atom stereocenters. The first kappa shape index (κ1) is 13.6. The quantitative estimate of drug-likeness (QED) is 0.614. The van der Waals surface area contributed by atoms with Gasteiger partial charge < -0.3 is 0 Å². The number of aromatic nitrogens is 1. The number of benzene rings is 2. The molecule has 0 atom stereocenters. The SMILES string of the molecule is Cc1cc(C)c(C)c(-c2ccc(-c3ccccc3)cn2)c1. The fraction of sp³-hybridized carbons (Fsp3) is 0.150. The van der Waals surface area contributed by atoms with Gasteiger partial charge in [0.25, 0.3) is 0 Å². The van der Waals surface area contributed by atoms with Gasteiger partial charge >= 0.3 is 0 Å². The molecule has 0 spiro atoms. The van der Waals surface area contributed by atoms with Crippen LogP contribution in [0.4, 0.5) is 0 Å². The number of nitrogens with zero attached hydrogens (tertiary/aromatic N) is 1. The van der Waals surface area contributed by atoms with Gasteiger partial charge in [0.05, 0.1) is 5.69 Å². The molecule has 3 aromatic rings. The first-order valence-corrected chi connectivity index (χ1v) is 7.25. The Morgan fingerprint density at radius 3 is 2.19 bits per heavy atom. The minimum Gasteiger partial charge on any atom is -0.256 e. The summed E-state index contributed by atoms with van der Waals surface area (Å²) in [5, 5.41) is 0. The van der Waals surface area contributed by atoms with Gasteiger partial charge in [0, 0.05) is 17.3 Å². The van der Waals surface area contributed by atoms with Gasteiger partial charge in [0.2, 0.25) is 0 Å². The Bertz CT molecular complexity index is 756. The molecule has 1 aromatic heterocycles. The van der Waals surface area contributed by atoms with E-state index in [-0.39, 0.29) is 0 Å². The molecule has 0 aliphatic carbocycles. The number of pyridine rings is 1. The lowest BCUT2D eigenvalue weighted by atomic mass is 9.97. The Labute approximate surface area is 126 Å². The van der Waals surface area contributed by atoms with Crippen molar-refractivity contribution in [1.82, 2.24) is 4.98 Å². The highest BCUT2D eigenvalue weighted by Gasteiger charge is 2.07. The highest BCUT2D eigenvalue weighted by Crippen LogP contribution is 2.27. The molecular weight excluding hydrogens is 254 g/mol. The average molecular weight is 273 g/mol. The maximum atomic E-state index is 4.67. The van der Waals surface area contributed by atoms with Crippen LogP contribution in [0.15, 0.2) is 60.8 Å². The largest absolute Gasteiger partial charge is 0.256 e. The Morgan fingerprint density at radius 2 is 1.52 bits per heavy atom. The van der Waals surface area contributed by atoms with Crippen molar-refractivity contribution in [3.05, 3.63) is 77.5 Å². The Morgan fingerprint density at radius 1 is 0.762 bits per heavy atom. The van der Waals surface area contributed by atoms with Crippen molar-refractivity contribution in [2.75, 3.05) is 0 Å². The molecule has 0 amide bonds. The molecule has 1 nitrogen and oxygen atoms in total. The maximum absolute atomic E-state index is 4.67. The molecule has 0 saturated carbocycles. The van der Waals surface area contributed by atoms with Gasteiger partial charge in [-0.05, 0) is 49.6 Å². The first-order chi connectivity index (χ1) is 10.1. The Hall–Kier alpha value is -2.41. The first-order valence-electron chi connectivity index (χ1n) is 7.25. The summed E-state index contributed by atoms with van der Waals surface area (Å²) in [4.78, 5) is 4.67. The van der Waals surface area contributed by atoms with Gasteiger partial charge in [-0.3, -0.25) is 4.98 Å². The van der Waals surface area contributed by atoms with Gasteiger partial charge in [-0.1, -0.05) is 48.0 Å². The van der Waals surface area contributed by atoms with Crippen LogP contribution in [0.3, 0.4) is 0 Å². The minimum absolute atomic E-state index is 1.04. The van der Waals surface area contributed by atoms with E-state index in [2.05, 4.69) is 74.3 Å². The molecule has 0 saturated heterocycles. The van der Waals surface area contributed by atoms with Gasteiger partial charge in [0.15, 0.2) is 0 Å². The molecule has 0 bridgehead atoms. The van der Waals surface area contributed by atoms with Crippen molar-refractivity contribution < 1.29 is 0 Å². The van der Waals surface area contributed by atoms with Crippen LogP contribution in [0.1, 0.15) is 16.7 Å². The average Bonchev–Trinajstić information content (AvgIpc) is 2.52. The van der Waals surface area contributed by atoms with Crippen LogP contribution < -0.4 is 0 Å². The van der Waals surface area contributed by atoms with E-state index in [1.165, 1.54) is 27.8 Å². The summed E-state index contributed by atoms with van der Waals surface area (Å²) in [6, 6.07) is 19.1. The monoisotopic (exact) mass is 273 g/mol. The molecule has 104 valence electrons. The molecule has 0 radical (unpaired) electrons. The zero-order valence-corrected chi connectivity index (χ0v) is 12.7. The van der Waals surface area contributed by atoms with Crippen LogP contribution in [0.2, 0.25) is 0 Å². The second kappa shape index (κ2) is 5.53. The Balaban J connectivity index is 2.02. The number of hydrogen-bond donors (Lipinski definition) is 0. The van der Waals surface area contributed by atoms with E-state index in [4.69, 9.17) is 0 Å². The summed E-state index contributed by atoms with van der Waals surface area (Å²) in [5.74, 6) is 0. The van der Waals surface area contributed by atoms with Crippen molar-refractivity contribution in [2.45, 2.75) is 20.8 Å². The molecule has 0 N–H and O–H groups in total. The predicted molar refractivity (Wildman–Crippen MR) is 89.3 cm³/mol. The van der Waals surface area contributed by atoms with Crippen molar-refractivity contribution in [2.24, 2.45) is 0 Å². The standard InChI is InChI=1S/C20H19N/c1-14-11-15(2)16(3)19(12-14)20-10-9-18(13-21-20)17-7-5-4-6-8-17/h4-13H,1-3H3. The van der Waals surface area contributed by atoms with E-state index in [0.717, 1.165) is 11.3 Å². The fourth-order valence-electron chi connectivity index (χ4n) is 2.66. The van der Waals surface area contributed by atoms with Crippen LogP contribution in [-0.2, 0) is 0 Å². The highest BCUT2D eigenvalue weighted by molar-refractivity contribution is 5.69. The van der Waals surface area contributed by atoms with Crippen LogP contribution in [0.5, 0.6) is 0 Å². The second-order valence-corrected chi connectivity index (χ2v) is 5.55. The lowest BCUT2D eigenvalue weighted by Crippen LogP contribution is -1.92. The summed E-state index contributed by atoms with van der Waals surface area (Å²) in [7, 11) is 0. The molecule has 1 heterocycles. The summed E-state index contributed by atoms with van der Waals surface area (Å²) < 4.78 is 0. The third-order valence-corrected chi connectivity index (χ3v) is 3.96. The van der Waals surface area contributed by atoms with Gasteiger partial charge in [0.1, 0.15) is 0 Å². The lowest BCUT2D eigenvalue weighted by Gasteiger charge is -2.10. The van der Waals surface area contributed by atoms with E-state index >= 15 is 0 Å². The van der Waals surface area contributed by atoms with Gasteiger partial charge in [-0.15, -0.1) is 0 Å². The summed E-state index contributed by atoms with van der Waals surface area (Å²) in [6.45, 7) is 6.45.